The molecule has 0 bridgehead atoms. The van der Waals surface area contributed by atoms with Crippen LogP contribution in [0.4, 0.5) is 0 Å². The maximum atomic E-state index is 12.1. The van der Waals surface area contributed by atoms with Crippen molar-refractivity contribution < 1.29 is 4.79 Å². The van der Waals surface area contributed by atoms with E-state index >= 15 is 0 Å². The molecule has 6 nitrogen and oxygen atoms in total. The van der Waals surface area contributed by atoms with Gasteiger partial charge < -0.3 is 10.3 Å². The standard InChI is InChI=1S/C18H22ClN5O/c1-11-14(12(2)24(3)23-11)5-7-18(25)20-9-8-17-21-15-6-4-13(19)10-16(15)22-17/h4,6,10H,5,7-9H2,1-3H3,(H,20,25)(H,21,22). The number of benzene rings is 1. The second kappa shape index (κ2) is 7.27. The van der Waals surface area contributed by atoms with Crippen LogP contribution in [0.5, 0.6) is 0 Å². The number of aromatic nitrogens is 4. The predicted octanol–water partition coefficient (Wildman–Crippen LogP) is 2.86. The van der Waals surface area contributed by atoms with Gasteiger partial charge in [-0.05, 0) is 44.0 Å². The van der Waals surface area contributed by atoms with E-state index in [4.69, 9.17) is 11.6 Å². The van der Waals surface area contributed by atoms with Crippen LogP contribution in [0, 0.1) is 13.8 Å². The van der Waals surface area contributed by atoms with E-state index in [0.29, 0.717) is 30.8 Å². The molecule has 0 aliphatic rings. The fourth-order valence-electron chi connectivity index (χ4n) is 2.98. The SMILES string of the molecule is Cc1nn(C)c(C)c1CCC(=O)NCCc1nc2ccc(Cl)cc2[nH]1. The first kappa shape index (κ1) is 17.5. The summed E-state index contributed by atoms with van der Waals surface area (Å²) in [4.78, 5) is 19.8. The highest BCUT2D eigenvalue weighted by Gasteiger charge is 2.11. The summed E-state index contributed by atoms with van der Waals surface area (Å²) >= 11 is 5.97. The number of nitrogens with zero attached hydrogens (tertiary/aromatic N) is 3. The molecule has 132 valence electrons. The average Bonchev–Trinajstić information content (AvgIpc) is 3.06. The monoisotopic (exact) mass is 359 g/mol. The number of carbonyl (C=O) groups is 1. The first-order valence-electron chi connectivity index (χ1n) is 8.34. The molecular formula is C18H22ClN5O. The normalized spacial score (nSPS) is 11.2. The van der Waals surface area contributed by atoms with E-state index in [0.717, 1.165) is 33.8 Å². The van der Waals surface area contributed by atoms with E-state index in [2.05, 4.69) is 20.4 Å². The molecule has 0 aliphatic heterocycles. The zero-order valence-electron chi connectivity index (χ0n) is 14.7. The Balaban J connectivity index is 1.48. The molecule has 3 rings (SSSR count). The largest absolute Gasteiger partial charge is 0.356 e. The number of carbonyl (C=O) groups excluding carboxylic acids is 1. The number of aromatic amines is 1. The van der Waals surface area contributed by atoms with Crippen molar-refractivity contribution in [3.8, 4) is 0 Å². The molecule has 0 spiro atoms. The van der Waals surface area contributed by atoms with Crippen molar-refractivity contribution in [1.29, 1.82) is 0 Å². The van der Waals surface area contributed by atoms with Gasteiger partial charge >= 0.3 is 0 Å². The third-order valence-electron chi connectivity index (χ3n) is 4.44. The van der Waals surface area contributed by atoms with Crippen LogP contribution in [0.1, 0.15) is 29.2 Å². The first-order valence-corrected chi connectivity index (χ1v) is 8.71. The molecule has 0 saturated heterocycles. The van der Waals surface area contributed by atoms with Gasteiger partial charge in [0.15, 0.2) is 0 Å². The Labute approximate surface area is 151 Å². The van der Waals surface area contributed by atoms with Crippen molar-refractivity contribution in [1.82, 2.24) is 25.1 Å². The zero-order valence-corrected chi connectivity index (χ0v) is 15.4. The van der Waals surface area contributed by atoms with Crippen LogP contribution in [0.15, 0.2) is 18.2 Å². The quantitative estimate of drug-likeness (QED) is 0.710. The Morgan fingerprint density at radius 2 is 2.12 bits per heavy atom. The summed E-state index contributed by atoms with van der Waals surface area (Å²) in [6, 6.07) is 5.55. The number of halogens is 1. The number of amides is 1. The molecule has 2 aromatic heterocycles. The van der Waals surface area contributed by atoms with E-state index in [1.54, 1.807) is 0 Å². The number of H-pyrrole nitrogens is 1. The van der Waals surface area contributed by atoms with Crippen molar-refractivity contribution in [3.63, 3.8) is 0 Å². The number of rotatable bonds is 6. The van der Waals surface area contributed by atoms with Crippen LogP contribution in [-0.4, -0.2) is 32.2 Å². The summed E-state index contributed by atoms with van der Waals surface area (Å²) in [6.45, 7) is 4.56. The topological polar surface area (TPSA) is 75.6 Å². The third-order valence-corrected chi connectivity index (χ3v) is 4.67. The Morgan fingerprint density at radius 3 is 2.84 bits per heavy atom. The number of hydrogen-bond acceptors (Lipinski definition) is 3. The van der Waals surface area contributed by atoms with E-state index in [-0.39, 0.29) is 5.91 Å². The molecule has 1 amide bonds. The van der Waals surface area contributed by atoms with Crippen LogP contribution in [0.3, 0.4) is 0 Å². The van der Waals surface area contributed by atoms with Gasteiger partial charge in [0.25, 0.3) is 0 Å². The van der Waals surface area contributed by atoms with Crippen LogP contribution in [0.2, 0.25) is 5.02 Å². The van der Waals surface area contributed by atoms with Crippen molar-refractivity contribution in [2.75, 3.05) is 6.54 Å². The minimum absolute atomic E-state index is 0.0433. The van der Waals surface area contributed by atoms with Gasteiger partial charge in [0.2, 0.25) is 5.91 Å². The lowest BCUT2D eigenvalue weighted by Gasteiger charge is -2.05. The van der Waals surface area contributed by atoms with Crippen LogP contribution in [0.25, 0.3) is 11.0 Å². The summed E-state index contributed by atoms with van der Waals surface area (Å²) in [5.74, 6) is 0.887. The average molecular weight is 360 g/mol. The van der Waals surface area contributed by atoms with Crippen molar-refractivity contribution in [3.05, 3.63) is 46.0 Å². The van der Waals surface area contributed by atoms with E-state index in [1.807, 2.05) is 43.8 Å². The molecule has 2 N–H and O–H groups in total. The molecule has 0 unspecified atom stereocenters. The number of aryl methyl sites for hydroxylation is 2. The van der Waals surface area contributed by atoms with Gasteiger partial charge in [0, 0.05) is 37.2 Å². The Morgan fingerprint density at radius 1 is 1.32 bits per heavy atom. The molecule has 25 heavy (non-hydrogen) atoms. The lowest BCUT2D eigenvalue weighted by Crippen LogP contribution is -2.26. The highest BCUT2D eigenvalue weighted by atomic mass is 35.5. The second-order valence-corrected chi connectivity index (χ2v) is 6.65. The van der Waals surface area contributed by atoms with Crippen molar-refractivity contribution >= 4 is 28.5 Å². The maximum Gasteiger partial charge on any atom is 0.220 e. The molecular weight excluding hydrogens is 338 g/mol. The van der Waals surface area contributed by atoms with Crippen LogP contribution < -0.4 is 5.32 Å². The molecule has 0 atom stereocenters. The van der Waals surface area contributed by atoms with E-state index in [1.165, 1.54) is 0 Å². The first-order chi connectivity index (χ1) is 11.9. The summed E-state index contributed by atoms with van der Waals surface area (Å²) in [5, 5.41) is 8.01. The number of hydrogen-bond donors (Lipinski definition) is 2. The Bertz CT molecular complexity index is 912. The van der Waals surface area contributed by atoms with Gasteiger partial charge in [-0.1, -0.05) is 11.6 Å². The highest BCUT2D eigenvalue weighted by Crippen LogP contribution is 2.17. The van der Waals surface area contributed by atoms with Crippen LogP contribution in [-0.2, 0) is 24.7 Å². The molecule has 3 aromatic rings. The number of imidazole rings is 1. The van der Waals surface area contributed by atoms with Gasteiger partial charge in [-0.3, -0.25) is 9.48 Å². The number of fused-ring (bicyclic) bond motifs is 1. The fourth-order valence-corrected chi connectivity index (χ4v) is 3.15. The summed E-state index contributed by atoms with van der Waals surface area (Å²) < 4.78 is 1.86. The highest BCUT2D eigenvalue weighted by molar-refractivity contribution is 6.31. The molecule has 0 fully saturated rings. The predicted molar refractivity (Wildman–Crippen MR) is 98.8 cm³/mol. The lowest BCUT2D eigenvalue weighted by molar-refractivity contribution is -0.121. The second-order valence-electron chi connectivity index (χ2n) is 6.22. The molecule has 1 aromatic carbocycles. The van der Waals surface area contributed by atoms with Gasteiger partial charge in [-0.2, -0.15) is 5.10 Å². The maximum absolute atomic E-state index is 12.1. The Hall–Kier alpha value is -2.34. The fraction of sp³-hybridized carbons (Fsp3) is 0.389. The van der Waals surface area contributed by atoms with E-state index in [9.17, 15) is 4.79 Å². The van der Waals surface area contributed by atoms with Crippen molar-refractivity contribution in [2.45, 2.75) is 33.1 Å². The zero-order chi connectivity index (χ0) is 18.0. The van der Waals surface area contributed by atoms with E-state index < -0.39 is 0 Å². The smallest absolute Gasteiger partial charge is 0.220 e. The van der Waals surface area contributed by atoms with Crippen molar-refractivity contribution in [2.24, 2.45) is 7.05 Å². The summed E-state index contributed by atoms with van der Waals surface area (Å²) in [5.41, 5.74) is 5.07. The van der Waals surface area contributed by atoms with Gasteiger partial charge in [0.1, 0.15) is 5.82 Å². The Kier molecular flexibility index (Phi) is 5.08. The van der Waals surface area contributed by atoms with Gasteiger partial charge in [-0.15, -0.1) is 0 Å². The lowest BCUT2D eigenvalue weighted by atomic mass is 10.1. The minimum atomic E-state index is 0.0433. The molecule has 0 aliphatic carbocycles. The summed E-state index contributed by atoms with van der Waals surface area (Å²) in [6.07, 6.45) is 1.83. The molecule has 7 heteroatoms. The summed E-state index contributed by atoms with van der Waals surface area (Å²) in [7, 11) is 1.92. The molecule has 0 radical (unpaired) electrons. The third kappa shape index (κ3) is 4.02. The van der Waals surface area contributed by atoms with Crippen LogP contribution >= 0.6 is 11.6 Å². The minimum Gasteiger partial charge on any atom is -0.356 e. The molecule has 2 heterocycles. The van der Waals surface area contributed by atoms with Gasteiger partial charge in [0.05, 0.1) is 16.7 Å². The number of nitrogens with one attached hydrogen (secondary N) is 2. The molecule has 0 saturated carbocycles. The van der Waals surface area contributed by atoms with Gasteiger partial charge in [-0.25, -0.2) is 4.98 Å².